The zero-order chi connectivity index (χ0) is 33.3. The molecule has 46 heavy (non-hydrogen) atoms. The van der Waals surface area contributed by atoms with Crippen molar-refractivity contribution in [3.05, 3.63) is 123 Å². The molecule has 0 aliphatic carbocycles. The van der Waals surface area contributed by atoms with Gasteiger partial charge in [-0.1, -0.05) is 75.5 Å². The Hall–Kier alpha value is -3.57. The Kier molecular flexibility index (Phi) is 12.5. The van der Waals surface area contributed by atoms with E-state index in [4.69, 9.17) is 27.9 Å². The maximum Gasteiger partial charge on any atom is 0.264 e. The first kappa shape index (κ1) is 35.3. The number of benzene rings is 4. The lowest BCUT2D eigenvalue weighted by atomic mass is 10.0. The molecule has 0 heterocycles. The molecule has 0 saturated carbocycles. The van der Waals surface area contributed by atoms with Crippen LogP contribution < -0.4 is 14.4 Å². The summed E-state index contributed by atoms with van der Waals surface area (Å²) in [6, 6.07) is 25.8. The molecule has 0 aliphatic heterocycles. The zero-order valence-corrected chi connectivity index (χ0v) is 29.2. The minimum absolute atomic E-state index is 0.00533. The third kappa shape index (κ3) is 9.03. The van der Waals surface area contributed by atoms with E-state index in [2.05, 4.69) is 21.2 Å². The minimum atomic E-state index is -4.25. The van der Waals surface area contributed by atoms with Crippen molar-refractivity contribution in [2.45, 2.75) is 37.8 Å². The molecule has 1 atom stereocenters. The first-order valence-corrected chi connectivity index (χ1v) is 17.6. The molecule has 0 bridgehead atoms. The van der Waals surface area contributed by atoms with E-state index in [1.807, 2.05) is 37.3 Å². The van der Waals surface area contributed by atoms with Crippen LogP contribution in [0.5, 0.6) is 5.75 Å². The molecule has 0 unspecified atom stereocenters. The van der Waals surface area contributed by atoms with Crippen molar-refractivity contribution in [3.63, 3.8) is 0 Å². The quantitative estimate of drug-likeness (QED) is 0.148. The summed E-state index contributed by atoms with van der Waals surface area (Å²) >= 11 is 16.0. The van der Waals surface area contributed by atoms with Crippen LogP contribution >= 0.6 is 39.1 Å². The molecular weight excluding hydrogens is 713 g/mol. The van der Waals surface area contributed by atoms with E-state index < -0.39 is 28.5 Å². The van der Waals surface area contributed by atoms with E-state index in [0.717, 1.165) is 9.87 Å². The number of sulfonamides is 1. The van der Waals surface area contributed by atoms with Gasteiger partial charge in [0.2, 0.25) is 11.8 Å². The summed E-state index contributed by atoms with van der Waals surface area (Å²) < 4.78 is 35.6. The van der Waals surface area contributed by atoms with Crippen LogP contribution in [0.4, 0.5) is 5.69 Å². The Morgan fingerprint density at radius 2 is 1.59 bits per heavy atom. The van der Waals surface area contributed by atoms with Gasteiger partial charge in [0.25, 0.3) is 10.0 Å². The summed E-state index contributed by atoms with van der Waals surface area (Å²) in [6.07, 6.45) is 0.187. The van der Waals surface area contributed by atoms with Crippen LogP contribution in [0.3, 0.4) is 0 Å². The summed E-state index contributed by atoms with van der Waals surface area (Å²) in [7, 11) is -4.25. The van der Waals surface area contributed by atoms with Crippen LogP contribution in [0.15, 0.2) is 106 Å². The highest BCUT2D eigenvalue weighted by molar-refractivity contribution is 9.10. The third-order valence-electron chi connectivity index (χ3n) is 7.09. The van der Waals surface area contributed by atoms with E-state index in [9.17, 15) is 18.0 Å². The minimum Gasteiger partial charge on any atom is -0.494 e. The standard InChI is InChI=1S/C34H34BrCl2N3O5S/c1-3-38-34(42)32(20-24-8-6-5-7-9-24)39(22-25-10-13-27(36)21-31(25)37)33(41)23-40(28-14-16-29(17-15-28)45-4-2)46(43,44)30-18-11-26(35)12-19-30/h5-19,21,32H,3-4,20,22-23H2,1-2H3,(H,38,42)/t32-/m1/s1. The molecule has 0 aromatic heterocycles. The predicted octanol–water partition coefficient (Wildman–Crippen LogP) is 7.13. The van der Waals surface area contributed by atoms with E-state index in [1.54, 1.807) is 61.5 Å². The number of hydrogen-bond acceptors (Lipinski definition) is 5. The van der Waals surface area contributed by atoms with Crippen molar-refractivity contribution in [1.82, 2.24) is 10.2 Å². The normalized spacial score (nSPS) is 11.8. The largest absolute Gasteiger partial charge is 0.494 e. The van der Waals surface area contributed by atoms with Gasteiger partial charge in [0.1, 0.15) is 18.3 Å². The zero-order valence-electron chi connectivity index (χ0n) is 25.3. The lowest BCUT2D eigenvalue weighted by molar-refractivity contribution is -0.140. The number of amides is 2. The topological polar surface area (TPSA) is 96.0 Å². The second-order valence-electron chi connectivity index (χ2n) is 10.2. The summed E-state index contributed by atoms with van der Waals surface area (Å²) in [5.74, 6) is -0.433. The van der Waals surface area contributed by atoms with Gasteiger partial charge in [-0.05, 0) is 85.6 Å². The predicted molar refractivity (Wildman–Crippen MR) is 186 cm³/mol. The number of rotatable bonds is 14. The molecular formula is C34H34BrCl2N3O5S. The van der Waals surface area contributed by atoms with Gasteiger partial charge in [-0.25, -0.2) is 8.42 Å². The molecule has 4 rings (SSSR count). The lowest BCUT2D eigenvalue weighted by Gasteiger charge is -2.34. The number of nitrogens with one attached hydrogen (secondary N) is 1. The summed E-state index contributed by atoms with van der Waals surface area (Å²) in [5.41, 5.74) is 1.62. The van der Waals surface area contributed by atoms with Crippen LogP contribution in [0.2, 0.25) is 10.0 Å². The molecule has 12 heteroatoms. The monoisotopic (exact) mass is 745 g/mol. The maximum absolute atomic E-state index is 14.5. The van der Waals surface area contributed by atoms with Crippen molar-refractivity contribution in [1.29, 1.82) is 0 Å². The summed E-state index contributed by atoms with van der Waals surface area (Å²) in [5, 5.41) is 3.56. The summed E-state index contributed by atoms with van der Waals surface area (Å²) in [4.78, 5) is 29.5. The number of likely N-dealkylation sites (N-methyl/N-ethyl adjacent to an activating group) is 1. The van der Waals surface area contributed by atoms with Crippen LogP contribution in [0, 0.1) is 0 Å². The Labute approximate surface area is 288 Å². The number of carbonyl (C=O) groups is 2. The van der Waals surface area contributed by atoms with Gasteiger partial charge >= 0.3 is 0 Å². The highest BCUT2D eigenvalue weighted by atomic mass is 79.9. The fourth-order valence-corrected chi connectivity index (χ4v) is 6.96. The molecule has 1 N–H and O–H groups in total. The molecule has 0 fully saturated rings. The number of ether oxygens (including phenoxy) is 1. The highest BCUT2D eigenvalue weighted by Gasteiger charge is 2.35. The third-order valence-corrected chi connectivity index (χ3v) is 10.00. The van der Waals surface area contributed by atoms with Crippen molar-refractivity contribution in [2.24, 2.45) is 0 Å². The first-order chi connectivity index (χ1) is 22.0. The fraction of sp³-hybridized carbons (Fsp3) is 0.235. The smallest absolute Gasteiger partial charge is 0.264 e. The SMILES string of the molecule is CCNC(=O)[C@@H](Cc1ccccc1)N(Cc1ccc(Cl)cc1Cl)C(=O)CN(c1ccc(OCC)cc1)S(=O)(=O)c1ccc(Br)cc1. The van der Waals surface area contributed by atoms with E-state index in [0.29, 0.717) is 39.0 Å². The number of anilines is 1. The van der Waals surface area contributed by atoms with Gasteiger partial charge in [-0.3, -0.25) is 13.9 Å². The van der Waals surface area contributed by atoms with Crippen LogP contribution in [-0.2, 0) is 32.6 Å². The molecule has 0 saturated heterocycles. The van der Waals surface area contributed by atoms with Crippen molar-refractivity contribution in [2.75, 3.05) is 24.0 Å². The summed E-state index contributed by atoms with van der Waals surface area (Å²) in [6.45, 7) is 3.74. The Morgan fingerprint density at radius 3 is 2.20 bits per heavy atom. The molecule has 0 spiro atoms. The van der Waals surface area contributed by atoms with Gasteiger partial charge in [0.15, 0.2) is 0 Å². The molecule has 242 valence electrons. The van der Waals surface area contributed by atoms with Crippen molar-refractivity contribution >= 4 is 66.7 Å². The van der Waals surface area contributed by atoms with Crippen LogP contribution in [0.1, 0.15) is 25.0 Å². The second kappa shape index (κ2) is 16.3. The number of hydrogen-bond donors (Lipinski definition) is 1. The lowest BCUT2D eigenvalue weighted by Crippen LogP contribution is -2.53. The Balaban J connectivity index is 1.81. The molecule has 0 aliphatic rings. The van der Waals surface area contributed by atoms with Crippen LogP contribution in [-0.4, -0.2) is 50.9 Å². The average Bonchev–Trinajstić information content (AvgIpc) is 3.03. The molecule has 4 aromatic rings. The molecule has 2 amide bonds. The number of nitrogens with zero attached hydrogens (tertiary/aromatic N) is 2. The molecule has 0 radical (unpaired) electrons. The van der Waals surface area contributed by atoms with E-state index >= 15 is 0 Å². The maximum atomic E-state index is 14.5. The van der Waals surface area contributed by atoms with E-state index in [-0.39, 0.29) is 29.5 Å². The molecule has 4 aromatic carbocycles. The molecule has 8 nitrogen and oxygen atoms in total. The van der Waals surface area contributed by atoms with Crippen molar-refractivity contribution in [3.8, 4) is 5.75 Å². The number of carbonyl (C=O) groups excluding carboxylic acids is 2. The Morgan fingerprint density at radius 1 is 0.913 bits per heavy atom. The van der Waals surface area contributed by atoms with Gasteiger partial charge in [-0.15, -0.1) is 0 Å². The van der Waals surface area contributed by atoms with Gasteiger partial charge in [-0.2, -0.15) is 0 Å². The van der Waals surface area contributed by atoms with E-state index in [1.165, 1.54) is 17.0 Å². The van der Waals surface area contributed by atoms with Gasteiger partial charge in [0.05, 0.1) is 17.2 Å². The van der Waals surface area contributed by atoms with Gasteiger partial charge in [0, 0.05) is 34.0 Å². The second-order valence-corrected chi connectivity index (χ2v) is 13.9. The first-order valence-electron chi connectivity index (χ1n) is 14.6. The van der Waals surface area contributed by atoms with Gasteiger partial charge < -0.3 is 15.0 Å². The van der Waals surface area contributed by atoms with Crippen LogP contribution in [0.25, 0.3) is 0 Å². The Bertz CT molecular complexity index is 1740. The number of halogens is 3. The highest BCUT2D eigenvalue weighted by Crippen LogP contribution is 2.29. The fourth-order valence-electron chi connectivity index (χ4n) is 4.82. The average molecular weight is 748 g/mol. The van der Waals surface area contributed by atoms with Crippen molar-refractivity contribution < 1.29 is 22.7 Å².